The van der Waals surface area contributed by atoms with E-state index in [2.05, 4.69) is 10.3 Å². The highest BCUT2D eigenvalue weighted by molar-refractivity contribution is 5.92. The van der Waals surface area contributed by atoms with Gasteiger partial charge in [-0.3, -0.25) is 14.3 Å². The lowest BCUT2D eigenvalue weighted by molar-refractivity contribution is -0.137. The fourth-order valence-corrected chi connectivity index (χ4v) is 4.09. The zero-order valence-electron chi connectivity index (χ0n) is 17.7. The van der Waals surface area contributed by atoms with E-state index in [1.165, 1.54) is 0 Å². The summed E-state index contributed by atoms with van der Waals surface area (Å²) in [5, 5.41) is 8.17. The quantitative estimate of drug-likeness (QED) is 0.667. The van der Waals surface area contributed by atoms with Crippen molar-refractivity contribution in [1.29, 1.82) is 0 Å². The van der Waals surface area contributed by atoms with Crippen LogP contribution >= 0.6 is 0 Å². The van der Waals surface area contributed by atoms with Crippen LogP contribution in [-0.2, 0) is 16.1 Å². The van der Waals surface area contributed by atoms with Crippen molar-refractivity contribution < 1.29 is 19.1 Å². The highest BCUT2D eigenvalue weighted by Crippen LogP contribution is 2.21. The zero-order chi connectivity index (χ0) is 21.5. The molecule has 2 aliphatic rings. The molecule has 1 aromatic heterocycles. The Morgan fingerprint density at radius 3 is 2.71 bits per heavy atom. The molecule has 0 N–H and O–H groups in total. The Morgan fingerprint density at radius 1 is 1.10 bits per heavy atom. The summed E-state index contributed by atoms with van der Waals surface area (Å²) in [7, 11) is 0. The number of rotatable bonds is 7. The zero-order valence-corrected chi connectivity index (χ0v) is 17.7. The van der Waals surface area contributed by atoms with Crippen molar-refractivity contribution in [2.45, 2.75) is 38.3 Å². The van der Waals surface area contributed by atoms with Gasteiger partial charge in [-0.2, -0.15) is 0 Å². The molecule has 0 spiro atoms. The summed E-state index contributed by atoms with van der Waals surface area (Å²) in [6.07, 6.45) is 5.55. The van der Waals surface area contributed by atoms with E-state index in [0.717, 1.165) is 32.2 Å². The monoisotopic (exact) mass is 427 g/mol. The first-order chi connectivity index (χ1) is 15.2. The number of aromatic nitrogens is 3. The number of morpholine rings is 1. The third-order valence-electron chi connectivity index (χ3n) is 5.80. The summed E-state index contributed by atoms with van der Waals surface area (Å²) in [5.74, 6) is 0.599. The van der Waals surface area contributed by atoms with E-state index in [-0.39, 0.29) is 24.5 Å². The van der Waals surface area contributed by atoms with Crippen LogP contribution in [0.3, 0.4) is 0 Å². The number of carbonyl (C=O) groups excluding carboxylic acids is 2. The van der Waals surface area contributed by atoms with E-state index in [1.54, 1.807) is 15.8 Å². The Hall–Kier alpha value is -2.94. The highest BCUT2D eigenvalue weighted by atomic mass is 16.5. The molecular weight excluding hydrogens is 398 g/mol. The van der Waals surface area contributed by atoms with Gasteiger partial charge in [0.25, 0.3) is 11.8 Å². The molecule has 0 saturated carbocycles. The largest absolute Gasteiger partial charge is 0.484 e. The molecule has 2 saturated heterocycles. The number of nitrogens with zero attached hydrogens (tertiary/aromatic N) is 5. The second-order valence-electron chi connectivity index (χ2n) is 7.90. The molecule has 4 rings (SSSR count). The van der Waals surface area contributed by atoms with Gasteiger partial charge in [-0.15, -0.1) is 5.10 Å². The Kier molecular flexibility index (Phi) is 7.14. The maximum atomic E-state index is 12.8. The summed E-state index contributed by atoms with van der Waals surface area (Å²) in [4.78, 5) is 29.0. The van der Waals surface area contributed by atoms with Gasteiger partial charge in [0.1, 0.15) is 5.75 Å². The van der Waals surface area contributed by atoms with Gasteiger partial charge in [-0.1, -0.05) is 23.4 Å². The smallest absolute Gasteiger partial charge is 0.276 e. The van der Waals surface area contributed by atoms with Crippen molar-refractivity contribution in [3.8, 4) is 5.75 Å². The normalized spacial score (nSPS) is 19.3. The Bertz CT molecular complexity index is 866. The molecule has 0 radical (unpaired) electrons. The van der Waals surface area contributed by atoms with Crippen LogP contribution in [0.25, 0.3) is 0 Å². The maximum Gasteiger partial charge on any atom is 0.276 e. The molecule has 3 heterocycles. The van der Waals surface area contributed by atoms with E-state index in [0.29, 0.717) is 44.3 Å². The number of benzene rings is 1. The minimum absolute atomic E-state index is 0.00956. The Labute approximate surface area is 181 Å². The second-order valence-corrected chi connectivity index (χ2v) is 7.90. The number of para-hydroxylation sites is 1. The average molecular weight is 428 g/mol. The highest BCUT2D eigenvalue weighted by Gasteiger charge is 2.27. The van der Waals surface area contributed by atoms with E-state index < -0.39 is 0 Å². The fourth-order valence-electron chi connectivity index (χ4n) is 4.09. The first-order valence-corrected chi connectivity index (χ1v) is 10.9. The van der Waals surface area contributed by atoms with Crippen molar-refractivity contribution in [3.63, 3.8) is 0 Å². The standard InChI is InChI=1S/C22H29N5O4/c28-21(17-31-19-7-2-1-3-8-19)27-10-5-4-6-18(27)9-11-26-16-20(23-24-26)22(29)25-12-14-30-15-13-25/h1-3,7-8,16,18H,4-6,9-15,17H2. The average Bonchev–Trinajstić information content (AvgIpc) is 3.31. The van der Waals surface area contributed by atoms with Crippen molar-refractivity contribution in [1.82, 2.24) is 24.8 Å². The van der Waals surface area contributed by atoms with E-state index in [4.69, 9.17) is 9.47 Å². The van der Waals surface area contributed by atoms with Crippen LogP contribution in [0.4, 0.5) is 0 Å². The van der Waals surface area contributed by atoms with Crippen LogP contribution in [0, 0.1) is 0 Å². The SMILES string of the molecule is O=C(c1cn(CCC2CCCCN2C(=O)COc2ccccc2)nn1)N1CCOCC1. The van der Waals surface area contributed by atoms with E-state index in [9.17, 15) is 9.59 Å². The first kappa shape index (κ1) is 21.3. The summed E-state index contributed by atoms with van der Waals surface area (Å²) in [6.45, 7) is 3.67. The van der Waals surface area contributed by atoms with Gasteiger partial charge in [-0.05, 0) is 37.8 Å². The van der Waals surface area contributed by atoms with Crippen molar-refractivity contribution in [2.24, 2.45) is 0 Å². The van der Waals surface area contributed by atoms with Crippen LogP contribution in [0.5, 0.6) is 5.75 Å². The van der Waals surface area contributed by atoms with Crippen LogP contribution in [0.2, 0.25) is 0 Å². The number of carbonyl (C=O) groups is 2. The summed E-state index contributed by atoms with van der Waals surface area (Å²) in [6, 6.07) is 9.53. The van der Waals surface area contributed by atoms with Crippen LogP contribution in [0.1, 0.15) is 36.2 Å². The molecule has 2 aliphatic heterocycles. The lowest BCUT2D eigenvalue weighted by Gasteiger charge is -2.35. The van der Waals surface area contributed by atoms with Crippen molar-refractivity contribution in [3.05, 3.63) is 42.2 Å². The van der Waals surface area contributed by atoms with Crippen LogP contribution < -0.4 is 4.74 Å². The third-order valence-corrected chi connectivity index (χ3v) is 5.80. The minimum atomic E-state index is -0.109. The number of hydrogen-bond acceptors (Lipinski definition) is 6. The summed E-state index contributed by atoms with van der Waals surface area (Å²) in [5.41, 5.74) is 0.356. The summed E-state index contributed by atoms with van der Waals surface area (Å²) < 4.78 is 12.6. The molecular formula is C22H29N5O4. The Balaban J connectivity index is 1.29. The minimum Gasteiger partial charge on any atom is -0.484 e. The molecule has 9 nitrogen and oxygen atoms in total. The van der Waals surface area contributed by atoms with Crippen LogP contribution in [0.15, 0.2) is 36.5 Å². The molecule has 2 fully saturated rings. The summed E-state index contributed by atoms with van der Waals surface area (Å²) >= 11 is 0. The van der Waals surface area contributed by atoms with Gasteiger partial charge in [0.2, 0.25) is 0 Å². The number of ether oxygens (including phenoxy) is 2. The van der Waals surface area contributed by atoms with Crippen LogP contribution in [-0.4, -0.2) is 82.1 Å². The Morgan fingerprint density at radius 2 is 1.90 bits per heavy atom. The first-order valence-electron chi connectivity index (χ1n) is 10.9. The molecule has 2 amide bonds. The third kappa shape index (κ3) is 5.61. The lowest BCUT2D eigenvalue weighted by Crippen LogP contribution is -2.46. The molecule has 1 atom stereocenters. The topological polar surface area (TPSA) is 89.8 Å². The molecule has 1 aromatic carbocycles. The molecule has 31 heavy (non-hydrogen) atoms. The molecule has 166 valence electrons. The fraction of sp³-hybridized carbons (Fsp3) is 0.545. The van der Waals surface area contributed by atoms with Crippen molar-refractivity contribution >= 4 is 11.8 Å². The van der Waals surface area contributed by atoms with E-state index in [1.807, 2.05) is 35.2 Å². The number of aryl methyl sites for hydroxylation is 1. The van der Waals surface area contributed by atoms with Gasteiger partial charge >= 0.3 is 0 Å². The van der Waals surface area contributed by atoms with Gasteiger partial charge in [-0.25, -0.2) is 0 Å². The van der Waals surface area contributed by atoms with Crippen molar-refractivity contribution in [2.75, 3.05) is 39.5 Å². The number of amides is 2. The molecule has 2 aromatic rings. The molecule has 9 heteroatoms. The maximum absolute atomic E-state index is 12.8. The van der Waals surface area contributed by atoms with Gasteiger partial charge < -0.3 is 19.3 Å². The lowest BCUT2D eigenvalue weighted by atomic mass is 9.99. The van der Waals surface area contributed by atoms with Gasteiger partial charge in [0.15, 0.2) is 12.3 Å². The molecule has 0 bridgehead atoms. The second kappa shape index (κ2) is 10.4. The molecule has 0 aliphatic carbocycles. The number of likely N-dealkylation sites (tertiary alicyclic amines) is 1. The number of hydrogen-bond donors (Lipinski definition) is 0. The van der Waals surface area contributed by atoms with Gasteiger partial charge in [0.05, 0.1) is 19.4 Å². The predicted molar refractivity (Wildman–Crippen MR) is 113 cm³/mol. The van der Waals surface area contributed by atoms with Gasteiger partial charge in [0, 0.05) is 32.2 Å². The van der Waals surface area contributed by atoms with E-state index >= 15 is 0 Å². The predicted octanol–water partition coefficient (Wildman–Crippen LogP) is 1.60. The number of piperidine rings is 1. The molecule has 1 unspecified atom stereocenters.